The van der Waals surface area contributed by atoms with Gasteiger partial charge in [0.15, 0.2) is 0 Å². The van der Waals surface area contributed by atoms with Crippen molar-refractivity contribution in [2.24, 2.45) is 5.92 Å². The van der Waals surface area contributed by atoms with E-state index in [2.05, 4.69) is 0 Å². The Bertz CT molecular complexity index is 350. The van der Waals surface area contributed by atoms with Gasteiger partial charge in [-0.3, -0.25) is 0 Å². The van der Waals surface area contributed by atoms with Crippen LogP contribution in [-0.2, 0) is 0 Å². The largest absolute Gasteiger partial charge is 0.388 e. The summed E-state index contributed by atoms with van der Waals surface area (Å²) in [7, 11) is 0. The van der Waals surface area contributed by atoms with Crippen LogP contribution in [0, 0.1) is 5.92 Å². The van der Waals surface area contributed by atoms with E-state index in [9.17, 15) is 5.11 Å². The van der Waals surface area contributed by atoms with Gasteiger partial charge in [-0.2, -0.15) is 11.8 Å². The van der Waals surface area contributed by atoms with E-state index in [4.69, 9.17) is 23.2 Å². The summed E-state index contributed by atoms with van der Waals surface area (Å²) in [5, 5.41) is 11.2. The van der Waals surface area contributed by atoms with Crippen molar-refractivity contribution in [3.05, 3.63) is 33.8 Å². The van der Waals surface area contributed by atoms with Gasteiger partial charge < -0.3 is 5.11 Å². The molecule has 1 N–H and O–H groups in total. The summed E-state index contributed by atoms with van der Waals surface area (Å²) in [4.78, 5) is 0. The molecule has 1 nitrogen and oxygen atoms in total. The highest BCUT2D eigenvalue weighted by molar-refractivity contribution is 7.99. The molecule has 2 atom stereocenters. The molecule has 0 spiro atoms. The van der Waals surface area contributed by atoms with Gasteiger partial charge in [0.1, 0.15) is 0 Å². The van der Waals surface area contributed by atoms with Crippen LogP contribution in [0.25, 0.3) is 0 Å². The SMILES string of the molecule is OC(c1ccc(Cl)c(Cl)c1)C1CCSC1. The van der Waals surface area contributed by atoms with Crippen molar-refractivity contribution in [2.45, 2.75) is 12.5 Å². The zero-order valence-corrected chi connectivity index (χ0v) is 10.4. The van der Waals surface area contributed by atoms with Gasteiger partial charge >= 0.3 is 0 Å². The van der Waals surface area contributed by atoms with Gasteiger partial charge in [-0.15, -0.1) is 0 Å². The van der Waals surface area contributed by atoms with Gasteiger partial charge in [-0.25, -0.2) is 0 Å². The fourth-order valence-corrected chi connectivity index (χ4v) is 3.36. The molecule has 0 amide bonds. The standard InChI is InChI=1S/C11H12Cl2OS/c12-9-2-1-7(5-10(9)13)11(14)8-3-4-15-6-8/h1-2,5,8,11,14H,3-4,6H2. The Labute approximate surface area is 104 Å². The second-order valence-electron chi connectivity index (χ2n) is 3.74. The van der Waals surface area contributed by atoms with E-state index < -0.39 is 6.10 Å². The van der Waals surface area contributed by atoms with Crippen LogP contribution in [0.2, 0.25) is 10.0 Å². The minimum absolute atomic E-state index is 0.354. The normalized spacial score (nSPS) is 23.0. The molecule has 0 radical (unpaired) electrons. The van der Waals surface area contributed by atoms with Gasteiger partial charge in [-0.1, -0.05) is 29.3 Å². The quantitative estimate of drug-likeness (QED) is 0.876. The average molecular weight is 263 g/mol. The number of rotatable bonds is 2. The Morgan fingerprint density at radius 1 is 1.33 bits per heavy atom. The van der Waals surface area contributed by atoms with E-state index in [0.717, 1.165) is 23.5 Å². The van der Waals surface area contributed by atoms with Crippen LogP contribution in [0.5, 0.6) is 0 Å². The predicted octanol–water partition coefficient (Wildman–Crippen LogP) is 3.78. The maximum atomic E-state index is 10.1. The van der Waals surface area contributed by atoms with Crippen LogP contribution in [0.4, 0.5) is 0 Å². The van der Waals surface area contributed by atoms with Gasteiger partial charge in [0.25, 0.3) is 0 Å². The Morgan fingerprint density at radius 2 is 2.13 bits per heavy atom. The first-order chi connectivity index (χ1) is 7.18. The lowest BCUT2D eigenvalue weighted by molar-refractivity contribution is 0.121. The lowest BCUT2D eigenvalue weighted by Crippen LogP contribution is -2.11. The maximum Gasteiger partial charge on any atom is 0.0826 e. The number of hydrogen-bond donors (Lipinski definition) is 1. The number of halogens is 2. The van der Waals surface area contributed by atoms with Gasteiger partial charge in [-0.05, 0) is 41.5 Å². The smallest absolute Gasteiger partial charge is 0.0826 e. The summed E-state index contributed by atoms with van der Waals surface area (Å²) < 4.78 is 0. The van der Waals surface area contributed by atoms with Crippen molar-refractivity contribution in [1.82, 2.24) is 0 Å². The first-order valence-corrected chi connectivity index (χ1v) is 6.80. The third kappa shape index (κ3) is 2.62. The number of thioether (sulfide) groups is 1. The molecule has 82 valence electrons. The molecular weight excluding hydrogens is 251 g/mol. The van der Waals surface area contributed by atoms with E-state index in [1.54, 1.807) is 12.1 Å². The fourth-order valence-electron chi connectivity index (χ4n) is 1.77. The molecule has 2 rings (SSSR count). The number of hydrogen-bond acceptors (Lipinski definition) is 2. The molecule has 1 fully saturated rings. The van der Waals surface area contributed by atoms with Gasteiger partial charge in [0.2, 0.25) is 0 Å². The summed E-state index contributed by atoms with van der Waals surface area (Å²) in [6.45, 7) is 0. The minimum Gasteiger partial charge on any atom is -0.388 e. The molecule has 1 aromatic rings. The van der Waals surface area contributed by atoms with E-state index in [0.29, 0.717) is 16.0 Å². The van der Waals surface area contributed by atoms with Crippen molar-refractivity contribution in [3.63, 3.8) is 0 Å². The minimum atomic E-state index is -0.408. The molecular formula is C11H12Cl2OS. The molecule has 0 aromatic heterocycles. The third-order valence-corrected chi connectivity index (χ3v) is 4.62. The van der Waals surface area contributed by atoms with E-state index in [1.165, 1.54) is 0 Å². The Balaban J connectivity index is 2.17. The molecule has 2 unspecified atom stereocenters. The Kier molecular flexibility index (Phi) is 3.83. The second-order valence-corrected chi connectivity index (χ2v) is 5.71. The number of aliphatic hydroxyl groups excluding tert-OH is 1. The fraction of sp³-hybridized carbons (Fsp3) is 0.455. The first kappa shape index (κ1) is 11.6. The molecule has 1 aliphatic rings. The molecule has 15 heavy (non-hydrogen) atoms. The molecule has 0 aliphatic carbocycles. The monoisotopic (exact) mass is 262 g/mol. The lowest BCUT2D eigenvalue weighted by atomic mass is 9.95. The number of benzene rings is 1. The molecule has 4 heteroatoms. The predicted molar refractivity (Wildman–Crippen MR) is 66.9 cm³/mol. The van der Waals surface area contributed by atoms with E-state index in [1.807, 2.05) is 17.8 Å². The van der Waals surface area contributed by atoms with Crippen molar-refractivity contribution in [3.8, 4) is 0 Å². The van der Waals surface area contributed by atoms with Crippen molar-refractivity contribution < 1.29 is 5.11 Å². The van der Waals surface area contributed by atoms with E-state index >= 15 is 0 Å². The zero-order chi connectivity index (χ0) is 10.8. The van der Waals surface area contributed by atoms with Crippen molar-refractivity contribution in [2.75, 3.05) is 11.5 Å². The highest BCUT2D eigenvalue weighted by Crippen LogP contribution is 2.35. The summed E-state index contributed by atoms with van der Waals surface area (Å²) in [6, 6.07) is 5.35. The zero-order valence-electron chi connectivity index (χ0n) is 8.12. The van der Waals surface area contributed by atoms with Crippen LogP contribution in [0.1, 0.15) is 18.1 Å². The molecule has 1 saturated heterocycles. The summed E-state index contributed by atoms with van der Waals surface area (Å²) in [5.74, 6) is 2.53. The van der Waals surface area contributed by atoms with Crippen molar-refractivity contribution >= 4 is 35.0 Å². The summed E-state index contributed by atoms with van der Waals surface area (Å²) in [6.07, 6.45) is 0.668. The maximum absolute atomic E-state index is 10.1. The van der Waals surface area contributed by atoms with Crippen LogP contribution in [0.3, 0.4) is 0 Å². The second kappa shape index (κ2) is 4.96. The van der Waals surface area contributed by atoms with Gasteiger partial charge in [0.05, 0.1) is 16.1 Å². The highest BCUT2D eigenvalue weighted by atomic mass is 35.5. The van der Waals surface area contributed by atoms with Crippen LogP contribution < -0.4 is 0 Å². The first-order valence-electron chi connectivity index (χ1n) is 4.89. The van der Waals surface area contributed by atoms with Gasteiger partial charge in [0, 0.05) is 0 Å². The summed E-state index contributed by atoms with van der Waals surface area (Å²) >= 11 is 13.6. The lowest BCUT2D eigenvalue weighted by Gasteiger charge is -2.17. The average Bonchev–Trinajstić information content (AvgIpc) is 2.74. The van der Waals surface area contributed by atoms with E-state index in [-0.39, 0.29) is 0 Å². The van der Waals surface area contributed by atoms with Crippen molar-refractivity contribution in [1.29, 1.82) is 0 Å². The molecule has 0 bridgehead atoms. The van der Waals surface area contributed by atoms with Crippen LogP contribution >= 0.6 is 35.0 Å². The molecule has 1 aliphatic heterocycles. The third-order valence-electron chi connectivity index (χ3n) is 2.70. The number of aliphatic hydroxyl groups is 1. The van der Waals surface area contributed by atoms with Crippen LogP contribution in [-0.4, -0.2) is 16.6 Å². The highest BCUT2D eigenvalue weighted by Gasteiger charge is 2.25. The molecule has 1 aromatic carbocycles. The summed E-state index contributed by atoms with van der Waals surface area (Å²) in [5.41, 5.74) is 0.872. The topological polar surface area (TPSA) is 20.2 Å². The van der Waals surface area contributed by atoms with Crippen LogP contribution in [0.15, 0.2) is 18.2 Å². The Hall–Kier alpha value is 0.110. The Morgan fingerprint density at radius 3 is 2.73 bits per heavy atom. The molecule has 1 heterocycles. The molecule has 0 saturated carbocycles.